The van der Waals surface area contributed by atoms with Gasteiger partial charge in [-0.25, -0.2) is 26.9 Å². The number of carbonyl (C=O) groups excluding carboxylic acids is 2. The van der Waals surface area contributed by atoms with E-state index in [2.05, 4.69) is 32.8 Å². The minimum atomic E-state index is -4.65. The Morgan fingerprint density at radius 3 is 2.50 bits per heavy atom. The summed E-state index contributed by atoms with van der Waals surface area (Å²) in [5, 5.41) is 7.46. The zero-order valence-electron chi connectivity index (χ0n) is 26.0. The summed E-state index contributed by atoms with van der Waals surface area (Å²) in [5.74, 6) is -1.44. The fourth-order valence-electron chi connectivity index (χ4n) is 5.49. The van der Waals surface area contributed by atoms with Crippen LogP contribution in [-0.4, -0.2) is 91.2 Å². The minimum Gasteiger partial charge on any atom is -0.494 e. The van der Waals surface area contributed by atoms with Gasteiger partial charge in [-0.1, -0.05) is 18.8 Å². The Kier molecular flexibility index (Phi) is 11.1. The van der Waals surface area contributed by atoms with Crippen molar-refractivity contribution in [2.24, 2.45) is 5.92 Å². The molecular formula is C31H32F8N6O3. The first kappa shape index (κ1) is 36.2. The Bertz CT molecular complexity index is 1720. The first-order valence-electron chi connectivity index (χ1n) is 14.6. The maximum absolute atomic E-state index is 15.2. The van der Waals surface area contributed by atoms with E-state index in [1.807, 2.05) is 0 Å². The number of nitrogens with one attached hydrogen (secondary N) is 3. The second kappa shape index (κ2) is 14.7. The second-order valence-corrected chi connectivity index (χ2v) is 11.3. The summed E-state index contributed by atoms with van der Waals surface area (Å²) < 4.78 is 116. The number of ether oxygens (including phenoxy) is 1. The number of likely N-dealkylation sites (tertiary alicyclic amines) is 1. The summed E-state index contributed by atoms with van der Waals surface area (Å²) in [5.41, 5.74) is -0.619. The monoisotopic (exact) mass is 688 g/mol. The van der Waals surface area contributed by atoms with Crippen molar-refractivity contribution in [2.45, 2.75) is 44.5 Å². The highest BCUT2D eigenvalue weighted by Crippen LogP contribution is 2.33. The van der Waals surface area contributed by atoms with Crippen molar-refractivity contribution in [1.29, 1.82) is 0 Å². The number of benzene rings is 2. The van der Waals surface area contributed by atoms with Crippen molar-refractivity contribution < 1.29 is 49.4 Å². The van der Waals surface area contributed by atoms with Crippen molar-refractivity contribution in [2.75, 3.05) is 45.7 Å². The summed E-state index contributed by atoms with van der Waals surface area (Å²) in [4.78, 5) is 30.6. The predicted molar refractivity (Wildman–Crippen MR) is 160 cm³/mol. The molecule has 17 heteroatoms. The highest BCUT2D eigenvalue weighted by Gasteiger charge is 2.49. The molecule has 48 heavy (non-hydrogen) atoms. The number of hydrogen-bond donors (Lipinski definition) is 3. The zero-order valence-corrected chi connectivity index (χ0v) is 26.0. The van der Waals surface area contributed by atoms with Gasteiger partial charge in [0, 0.05) is 38.2 Å². The number of anilines is 1. The van der Waals surface area contributed by atoms with Crippen molar-refractivity contribution >= 4 is 28.5 Å². The largest absolute Gasteiger partial charge is 0.494 e. The average Bonchev–Trinajstić information content (AvgIpc) is 3.40. The van der Waals surface area contributed by atoms with Gasteiger partial charge >= 0.3 is 6.18 Å². The van der Waals surface area contributed by atoms with Crippen molar-refractivity contribution in [3.8, 4) is 17.6 Å². The van der Waals surface area contributed by atoms with Crippen LogP contribution in [0.3, 0.4) is 0 Å². The van der Waals surface area contributed by atoms with Crippen LogP contribution < -0.4 is 20.7 Å². The molecule has 2 aromatic carbocycles. The molecule has 2 heterocycles. The number of alkyl halides is 7. The van der Waals surface area contributed by atoms with Crippen LogP contribution in [0.5, 0.6) is 5.75 Å². The van der Waals surface area contributed by atoms with Crippen LogP contribution in [0.4, 0.5) is 40.8 Å². The molecule has 4 rings (SSSR count). The second-order valence-electron chi connectivity index (χ2n) is 11.3. The third-order valence-corrected chi connectivity index (χ3v) is 7.64. The van der Waals surface area contributed by atoms with Crippen LogP contribution in [0.15, 0.2) is 30.6 Å². The molecule has 0 saturated carbocycles. The highest BCUT2D eigenvalue weighted by atomic mass is 19.4. The van der Waals surface area contributed by atoms with Crippen LogP contribution in [0.25, 0.3) is 11.0 Å². The van der Waals surface area contributed by atoms with Crippen molar-refractivity contribution in [1.82, 2.24) is 25.1 Å². The van der Waals surface area contributed by atoms with E-state index in [1.54, 1.807) is 0 Å². The van der Waals surface area contributed by atoms with E-state index in [0.29, 0.717) is 0 Å². The quantitative estimate of drug-likeness (QED) is 0.207. The number of fused-ring (bicyclic) bond motifs is 1. The minimum absolute atomic E-state index is 0.00481. The third kappa shape index (κ3) is 8.65. The van der Waals surface area contributed by atoms with E-state index in [4.69, 9.17) is 4.74 Å². The Morgan fingerprint density at radius 1 is 1.15 bits per heavy atom. The molecule has 2 amide bonds. The molecule has 0 aliphatic carbocycles. The molecule has 1 fully saturated rings. The third-order valence-electron chi connectivity index (χ3n) is 7.64. The standard InChI is InChI=1S/C31H32F8N6O3/c1-17-13-44(8-6-25(33)34)14-30(35,36)27(17)43-29(47)20-9-18(10-23-26(20)42-16-45(23)15-31(37,38)39)5-4-7-41-22-11-19(28(46)40-2)21(32)12-24(22)48-3/h9-12,16-17,25,27,41H,6-8,13-15H2,1-3H3,(H,40,46)(H,43,47)/t17-,27+/m0/s1. The number of nitrogens with zero attached hydrogens (tertiary/aromatic N) is 3. The van der Waals surface area contributed by atoms with E-state index in [-0.39, 0.29) is 58.8 Å². The number of hydrogen-bond acceptors (Lipinski definition) is 6. The summed E-state index contributed by atoms with van der Waals surface area (Å²) in [7, 11) is 2.61. The van der Waals surface area contributed by atoms with E-state index in [1.165, 1.54) is 44.2 Å². The first-order chi connectivity index (χ1) is 22.5. The van der Waals surface area contributed by atoms with E-state index in [0.717, 1.165) is 17.0 Å². The van der Waals surface area contributed by atoms with Gasteiger partial charge in [-0.2, -0.15) is 13.2 Å². The van der Waals surface area contributed by atoms with E-state index < -0.39 is 67.6 Å². The van der Waals surface area contributed by atoms with Gasteiger partial charge in [-0.05, 0) is 24.1 Å². The number of imidazole rings is 1. The van der Waals surface area contributed by atoms with Crippen LogP contribution in [-0.2, 0) is 6.54 Å². The van der Waals surface area contributed by atoms with Gasteiger partial charge in [0.1, 0.15) is 23.6 Å². The Morgan fingerprint density at radius 2 is 1.88 bits per heavy atom. The van der Waals surface area contributed by atoms with Gasteiger partial charge in [0.05, 0.1) is 54.9 Å². The lowest BCUT2D eigenvalue weighted by Gasteiger charge is -2.42. The van der Waals surface area contributed by atoms with Gasteiger partial charge in [0.15, 0.2) is 0 Å². The molecular weight excluding hydrogens is 656 g/mol. The SMILES string of the molecule is CNC(=O)c1cc(NCC#Cc2cc(C(=O)N[C@@H]3[C@@H](C)CN(CCC(F)F)CC3(F)F)c3ncn(CC(F)(F)F)c3c2)c(OC)cc1F. The van der Waals surface area contributed by atoms with Crippen LogP contribution in [0.1, 0.15) is 39.6 Å². The molecule has 2 atom stereocenters. The predicted octanol–water partition coefficient (Wildman–Crippen LogP) is 4.91. The van der Waals surface area contributed by atoms with Crippen molar-refractivity contribution in [3.05, 3.63) is 53.1 Å². The van der Waals surface area contributed by atoms with E-state index in [9.17, 15) is 35.9 Å². The molecule has 1 aliphatic heterocycles. The number of rotatable bonds is 10. The van der Waals surface area contributed by atoms with Crippen molar-refractivity contribution in [3.63, 3.8) is 0 Å². The smallest absolute Gasteiger partial charge is 0.406 e. The van der Waals surface area contributed by atoms with E-state index >= 15 is 8.78 Å². The maximum atomic E-state index is 15.2. The number of amides is 2. The highest BCUT2D eigenvalue weighted by molar-refractivity contribution is 6.05. The fraction of sp³-hybridized carbons (Fsp3) is 0.452. The molecule has 1 aliphatic rings. The molecule has 1 saturated heterocycles. The van der Waals surface area contributed by atoms with Gasteiger partial charge in [0.2, 0.25) is 6.43 Å². The fourth-order valence-corrected chi connectivity index (χ4v) is 5.49. The van der Waals surface area contributed by atoms with Gasteiger partial charge in [0.25, 0.3) is 17.7 Å². The molecule has 0 unspecified atom stereocenters. The topological polar surface area (TPSA) is 101 Å². The lowest BCUT2D eigenvalue weighted by molar-refractivity contribution is -0.140. The Hall–Kier alpha value is -4.59. The maximum Gasteiger partial charge on any atom is 0.406 e. The molecule has 0 bridgehead atoms. The average molecular weight is 689 g/mol. The molecule has 3 N–H and O–H groups in total. The molecule has 0 spiro atoms. The molecule has 9 nitrogen and oxygen atoms in total. The number of aromatic nitrogens is 2. The Balaban J connectivity index is 1.62. The summed E-state index contributed by atoms with van der Waals surface area (Å²) in [6.45, 7) is -1.27. The summed E-state index contributed by atoms with van der Waals surface area (Å²) in [6.07, 6.45) is -7.03. The first-order valence-corrected chi connectivity index (χ1v) is 14.6. The van der Waals surface area contributed by atoms with Gasteiger partial charge in [-0.3, -0.25) is 14.5 Å². The lowest BCUT2D eigenvalue weighted by Crippen LogP contribution is -2.62. The molecule has 0 radical (unpaired) electrons. The summed E-state index contributed by atoms with van der Waals surface area (Å²) >= 11 is 0. The number of piperidine rings is 1. The van der Waals surface area contributed by atoms with Gasteiger partial charge < -0.3 is 25.3 Å². The Labute approximate surface area is 270 Å². The lowest BCUT2D eigenvalue weighted by atomic mass is 9.90. The van der Waals surface area contributed by atoms with Crippen LogP contribution in [0, 0.1) is 23.6 Å². The number of methoxy groups -OCH3 is 1. The normalized spacial score (nSPS) is 17.9. The summed E-state index contributed by atoms with van der Waals surface area (Å²) in [6, 6.07) is 2.97. The number of carbonyl (C=O) groups is 2. The molecule has 260 valence electrons. The zero-order chi connectivity index (χ0) is 35.4. The number of halogens is 8. The molecule has 3 aromatic rings. The molecule has 1 aromatic heterocycles. The van der Waals surface area contributed by atoms with Crippen LogP contribution in [0.2, 0.25) is 0 Å². The van der Waals surface area contributed by atoms with Gasteiger partial charge in [-0.15, -0.1) is 0 Å². The van der Waals surface area contributed by atoms with Crippen LogP contribution >= 0.6 is 0 Å².